The van der Waals surface area contributed by atoms with Gasteiger partial charge in [0, 0.05) is 0 Å². The Morgan fingerprint density at radius 3 is 2.29 bits per heavy atom. The van der Waals surface area contributed by atoms with Crippen LogP contribution in [-0.4, -0.2) is 25.7 Å². The maximum atomic E-state index is 11.7. The maximum absolute atomic E-state index is 11.7. The predicted octanol–water partition coefficient (Wildman–Crippen LogP) is 2.47. The lowest BCUT2D eigenvalue weighted by atomic mass is 10.1. The van der Waals surface area contributed by atoms with Gasteiger partial charge in [0.25, 0.3) is 0 Å². The van der Waals surface area contributed by atoms with Crippen molar-refractivity contribution in [3.63, 3.8) is 0 Å². The van der Waals surface area contributed by atoms with Gasteiger partial charge in [-0.05, 0) is 42.0 Å². The van der Waals surface area contributed by atoms with Crippen molar-refractivity contribution in [2.45, 2.75) is 6.61 Å². The molecule has 2 aromatic rings. The lowest BCUT2D eigenvalue weighted by Gasteiger charge is -2.07. The zero-order valence-corrected chi connectivity index (χ0v) is 13.0. The first-order chi connectivity index (χ1) is 11.6. The van der Waals surface area contributed by atoms with Gasteiger partial charge in [0.05, 0.1) is 24.3 Å². The van der Waals surface area contributed by atoms with Gasteiger partial charge >= 0.3 is 11.9 Å². The largest absolute Gasteiger partial charge is 0.482 e. The number of nitrogens with zero attached hydrogens (tertiary/aromatic N) is 1. The van der Waals surface area contributed by atoms with Crippen molar-refractivity contribution in [2.24, 2.45) is 0 Å². The predicted molar refractivity (Wildman–Crippen MR) is 84.2 cm³/mol. The molecule has 0 saturated carbocycles. The standard InChI is InChI=1S/C18H15NO5/c1-22-18(21)15-6-2-14(3-7-15)11-24-17(20)12-23-16-8-4-13(10-19)5-9-16/h2-9H,11-12H2,1H3. The molecule has 0 aliphatic carbocycles. The molecule has 0 spiro atoms. The second kappa shape index (κ2) is 8.34. The molecule has 0 amide bonds. The third-order valence-electron chi connectivity index (χ3n) is 3.11. The zero-order chi connectivity index (χ0) is 17.4. The molecule has 0 radical (unpaired) electrons. The highest BCUT2D eigenvalue weighted by molar-refractivity contribution is 5.89. The van der Waals surface area contributed by atoms with E-state index in [1.165, 1.54) is 7.11 Å². The fourth-order valence-electron chi connectivity index (χ4n) is 1.83. The molecule has 0 aliphatic rings. The van der Waals surface area contributed by atoms with E-state index >= 15 is 0 Å². The quantitative estimate of drug-likeness (QED) is 0.758. The Morgan fingerprint density at radius 2 is 1.71 bits per heavy atom. The van der Waals surface area contributed by atoms with Gasteiger partial charge in [-0.1, -0.05) is 12.1 Å². The van der Waals surface area contributed by atoms with E-state index in [1.54, 1.807) is 48.5 Å². The summed E-state index contributed by atoms with van der Waals surface area (Å²) in [5, 5.41) is 8.70. The number of hydrogen-bond donors (Lipinski definition) is 0. The fourth-order valence-corrected chi connectivity index (χ4v) is 1.83. The molecule has 0 bridgehead atoms. The zero-order valence-electron chi connectivity index (χ0n) is 13.0. The molecule has 6 heteroatoms. The van der Waals surface area contributed by atoms with Crippen LogP contribution in [-0.2, 0) is 20.9 Å². The summed E-state index contributed by atoms with van der Waals surface area (Å²) in [6.07, 6.45) is 0. The first-order valence-electron chi connectivity index (χ1n) is 7.08. The summed E-state index contributed by atoms with van der Waals surface area (Å²) in [4.78, 5) is 23.0. The second-order valence-electron chi connectivity index (χ2n) is 4.77. The van der Waals surface area contributed by atoms with Crippen molar-refractivity contribution in [3.05, 3.63) is 65.2 Å². The Bertz CT molecular complexity index is 744. The molecule has 0 N–H and O–H groups in total. The number of carbonyl (C=O) groups excluding carboxylic acids is 2. The highest BCUT2D eigenvalue weighted by Gasteiger charge is 2.07. The smallest absolute Gasteiger partial charge is 0.344 e. The molecular weight excluding hydrogens is 310 g/mol. The van der Waals surface area contributed by atoms with Crippen LogP contribution in [0.25, 0.3) is 0 Å². The van der Waals surface area contributed by atoms with Crippen molar-refractivity contribution >= 4 is 11.9 Å². The average Bonchev–Trinajstić information content (AvgIpc) is 2.64. The Balaban J connectivity index is 1.78. The number of rotatable bonds is 6. The minimum absolute atomic E-state index is 0.0804. The second-order valence-corrected chi connectivity index (χ2v) is 4.77. The molecule has 0 saturated heterocycles. The first kappa shape index (κ1) is 17.0. The van der Waals surface area contributed by atoms with Crippen LogP contribution in [0.15, 0.2) is 48.5 Å². The van der Waals surface area contributed by atoms with Crippen LogP contribution in [0.5, 0.6) is 5.75 Å². The molecule has 122 valence electrons. The van der Waals surface area contributed by atoms with Gasteiger partial charge in [-0.15, -0.1) is 0 Å². The monoisotopic (exact) mass is 325 g/mol. The van der Waals surface area contributed by atoms with E-state index in [0.29, 0.717) is 16.9 Å². The van der Waals surface area contributed by atoms with Crippen molar-refractivity contribution in [3.8, 4) is 11.8 Å². The number of methoxy groups -OCH3 is 1. The van der Waals surface area contributed by atoms with Gasteiger partial charge in [-0.2, -0.15) is 5.26 Å². The molecule has 2 rings (SSSR count). The molecule has 2 aromatic carbocycles. The summed E-state index contributed by atoms with van der Waals surface area (Å²) in [6.45, 7) is -0.150. The number of nitriles is 1. The van der Waals surface area contributed by atoms with E-state index in [4.69, 9.17) is 14.7 Å². The van der Waals surface area contributed by atoms with Crippen molar-refractivity contribution < 1.29 is 23.8 Å². The summed E-state index contributed by atoms with van der Waals surface area (Å²) in [7, 11) is 1.31. The van der Waals surface area contributed by atoms with Gasteiger partial charge < -0.3 is 14.2 Å². The maximum Gasteiger partial charge on any atom is 0.344 e. The Labute approximate surface area is 139 Å². The highest BCUT2D eigenvalue weighted by Crippen LogP contribution is 2.12. The molecule has 0 atom stereocenters. The SMILES string of the molecule is COC(=O)c1ccc(COC(=O)COc2ccc(C#N)cc2)cc1. The lowest BCUT2D eigenvalue weighted by Crippen LogP contribution is -2.14. The Morgan fingerprint density at radius 1 is 1.04 bits per heavy atom. The topological polar surface area (TPSA) is 85.6 Å². The van der Waals surface area contributed by atoms with Gasteiger partial charge in [0.2, 0.25) is 0 Å². The van der Waals surface area contributed by atoms with Crippen molar-refractivity contribution in [1.29, 1.82) is 5.26 Å². The summed E-state index contributed by atoms with van der Waals surface area (Å²) in [6, 6.07) is 15.0. The Kier molecular flexibility index (Phi) is 5.92. The molecule has 0 aliphatic heterocycles. The molecule has 24 heavy (non-hydrogen) atoms. The highest BCUT2D eigenvalue weighted by atomic mass is 16.6. The summed E-state index contributed by atoms with van der Waals surface area (Å²) in [5.41, 5.74) is 1.69. The van der Waals surface area contributed by atoms with Crippen LogP contribution in [0.2, 0.25) is 0 Å². The molecule has 0 fully saturated rings. The summed E-state index contributed by atoms with van der Waals surface area (Å²) < 4.78 is 15.0. The average molecular weight is 325 g/mol. The number of benzene rings is 2. The number of carbonyl (C=O) groups is 2. The minimum Gasteiger partial charge on any atom is -0.482 e. The normalized spacial score (nSPS) is 9.67. The molecule has 6 nitrogen and oxygen atoms in total. The molecule has 0 aromatic heterocycles. The van der Waals surface area contributed by atoms with E-state index in [9.17, 15) is 9.59 Å². The fraction of sp³-hybridized carbons (Fsp3) is 0.167. The van der Waals surface area contributed by atoms with Crippen molar-refractivity contribution in [1.82, 2.24) is 0 Å². The van der Waals surface area contributed by atoms with Crippen molar-refractivity contribution in [2.75, 3.05) is 13.7 Å². The third-order valence-corrected chi connectivity index (χ3v) is 3.11. The van der Waals surface area contributed by atoms with E-state index in [0.717, 1.165) is 5.56 Å². The molecular formula is C18H15NO5. The summed E-state index contributed by atoms with van der Waals surface area (Å²) >= 11 is 0. The van der Waals surface area contributed by atoms with E-state index < -0.39 is 11.9 Å². The summed E-state index contributed by atoms with van der Waals surface area (Å²) in [5.74, 6) is -0.459. The van der Waals surface area contributed by atoms with Gasteiger partial charge in [-0.25, -0.2) is 9.59 Å². The van der Waals surface area contributed by atoms with Crippen LogP contribution in [0, 0.1) is 11.3 Å². The van der Waals surface area contributed by atoms with E-state index in [1.807, 2.05) is 6.07 Å². The third kappa shape index (κ3) is 4.85. The van der Waals surface area contributed by atoms with E-state index in [2.05, 4.69) is 4.74 Å². The first-order valence-corrected chi connectivity index (χ1v) is 7.08. The van der Waals surface area contributed by atoms with Crippen LogP contribution in [0.1, 0.15) is 21.5 Å². The van der Waals surface area contributed by atoms with Crippen LogP contribution >= 0.6 is 0 Å². The van der Waals surface area contributed by atoms with Gasteiger partial charge in [-0.3, -0.25) is 0 Å². The number of ether oxygens (including phenoxy) is 3. The van der Waals surface area contributed by atoms with Crippen LogP contribution < -0.4 is 4.74 Å². The number of esters is 2. The minimum atomic E-state index is -0.517. The van der Waals surface area contributed by atoms with Crippen LogP contribution in [0.4, 0.5) is 0 Å². The van der Waals surface area contributed by atoms with Gasteiger partial charge in [0.15, 0.2) is 6.61 Å². The molecule has 0 unspecified atom stereocenters. The Hall–Kier alpha value is -3.33. The molecule has 0 heterocycles. The van der Waals surface area contributed by atoms with Crippen LogP contribution in [0.3, 0.4) is 0 Å². The van der Waals surface area contributed by atoms with E-state index in [-0.39, 0.29) is 13.2 Å². The number of hydrogen-bond acceptors (Lipinski definition) is 6. The lowest BCUT2D eigenvalue weighted by molar-refractivity contribution is -0.147. The van der Waals surface area contributed by atoms with Gasteiger partial charge in [0.1, 0.15) is 12.4 Å².